The fourth-order valence-corrected chi connectivity index (χ4v) is 4.00. The highest BCUT2D eigenvalue weighted by Crippen LogP contribution is 2.23. The summed E-state index contributed by atoms with van der Waals surface area (Å²) in [6, 6.07) is 12.2. The van der Waals surface area contributed by atoms with E-state index in [4.69, 9.17) is 16.6 Å². The van der Waals surface area contributed by atoms with Gasteiger partial charge in [0.2, 0.25) is 0 Å². The molecule has 2 aromatic rings. The molecule has 2 aliphatic heterocycles. The molecule has 0 amide bonds. The molecule has 0 unspecified atom stereocenters. The molecule has 2 aliphatic rings. The summed E-state index contributed by atoms with van der Waals surface area (Å²) in [4.78, 5) is 12.3. The fraction of sp³-hybridized carbons (Fsp3) is 0.476. The molecule has 2 saturated heterocycles. The Morgan fingerprint density at radius 1 is 0.731 bits per heavy atom. The van der Waals surface area contributed by atoms with Crippen molar-refractivity contribution in [2.45, 2.75) is 12.8 Å². The third-order valence-corrected chi connectivity index (χ3v) is 5.80. The Morgan fingerprint density at radius 3 is 1.96 bits per heavy atom. The van der Waals surface area contributed by atoms with Gasteiger partial charge in [0.25, 0.3) is 0 Å². The van der Waals surface area contributed by atoms with Crippen molar-refractivity contribution in [3.05, 3.63) is 47.6 Å². The maximum absolute atomic E-state index is 5.97. The van der Waals surface area contributed by atoms with E-state index in [1.165, 1.54) is 39.0 Å². The molecular formula is C21H27ClN4. The summed E-state index contributed by atoms with van der Waals surface area (Å²) in [5.41, 5.74) is 2.29. The number of aromatic nitrogens is 1. The Bertz CT molecular complexity index is 687. The van der Waals surface area contributed by atoms with Gasteiger partial charge in [0.15, 0.2) is 0 Å². The van der Waals surface area contributed by atoms with Crippen LogP contribution in [0.2, 0.25) is 5.02 Å². The van der Waals surface area contributed by atoms with Crippen LogP contribution >= 0.6 is 11.6 Å². The second kappa shape index (κ2) is 8.38. The van der Waals surface area contributed by atoms with Crippen LogP contribution in [0.5, 0.6) is 0 Å². The minimum atomic E-state index is 0.765. The number of pyridine rings is 1. The molecule has 0 atom stereocenters. The zero-order valence-electron chi connectivity index (χ0n) is 15.3. The minimum Gasteiger partial charge on any atom is -0.354 e. The van der Waals surface area contributed by atoms with E-state index in [1.54, 1.807) is 0 Å². The van der Waals surface area contributed by atoms with Crippen LogP contribution in [0.3, 0.4) is 0 Å². The lowest BCUT2D eigenvalue weighted by Gasteiger charge is -2.36. The van der Waals surface area contributed by atoms with Crippen LogP contribution in [0.4, 0.5) is 5.82 Å². The highest BCUT2D eigenvalue weighted by atomic mass is 35.5. The van der Waals surface area contributed by atoms with Crippen LogP contribution in [0, 0.1) is 0 Å². The number of halogens is 1. The molecule has 0 spiro atoms. The second-order valence-electron chi connectivity index (χ2n) is 7.29. The molecule has 1 aromatic heterocycles. The topological polar surface area (TPSA) is 22.6 Å². The Hall–Kier alpha value is -1.62. The third-order valence-electron chi connectivity index (χ3n) is 5.55. The first kappa shape index (κ1) is 17.8. The molecule has 5 heteroatoms. The van der Waals surface area contributed by atoms with Crippen LogP contribution in [-0.4, -0.2) is 67.1 Å². The van der Waals surface area contributed by atoms with Crippen molar-refractivity contribution in [2.24, 2.45) is 0 Å². The van der Waals surface area contributed by atoms with Gasteiger partial charge in [-0.05, 0) is 55.8 Å². The average molecular weight is 371 g/mol. The van der Waals surface area contributed by atoms with Gasteiger partial charge in [-0.15, -0.1) is 0 Å². The monoisotopic (exact) mass is 370 g/mol. The molecule has 0 aliphatic carbocycles. The van der Waals surface area contributed by atoms with Crippen molar-refractivity contribution < 1.29 is 0 Å². The molecule has 1 aromatic carbocycles. The molecule has 2 fully saturated rings. The van der Waals surface area contributed by atoms with Gasteiger partial charge in [-0.25, -0.2) is 4.98 Å². The zero-order chi connectivity index (χ0) is 17.8. The lowest BCUT2D eigenvalue weighted by atomic mass is 10.1. The van der Waals surface area contributed by atoms with Gasteiger partial charge < -0.3 is 9.80 Å². The van der Waals surface area contributed by atoms with Gasteiger partial charge >= 0.3 is 0 Å². The summed E-state index contributed by atoms with van der Waals surface area (Å²) in [6.45, 7) is 9.42. The molecule has 0 radical (unpaired) electrons. The highest BCUT2D eigenvalue weighted by Gasteiger charge is 2.19. The van der Waals surface area contributed by atoms with E-state index in [2.05, 4.69) is 26.8 Å². The number of hydrogen-bond donors (Lipinski definition) is 0. The van der Waals surface area contributed by atoms with E-state index in [0.29, 0.717) is 0 Å². The van der Waals surface area contributed by atoms with Gasteiger partial charge in [0.1, 0.15) is 5.82 Å². The molecule has 0 bridgehead atoms. The van der Waals surface area contributed by atoms with E-state index < -0.39 is 0 Å². The SMILES string of the molecule is Clc1ccc(-c2ccc(N3CCN(CCN4CCCC4)CC3)nc2)cc1. The van der Waals surface area contributed by atoms with E-state index in [0.717, 1.165) is 48.1 Å². The molecule has 138 valence electrons. The summed E-state index contributed by atoms with van der Waals surface area (Å²) in [6.07, 6.45) is 4.73. The standard InChI is InChI=1S/C21H27ClN4/c22-20-6-3-18(4-7-20)19-5-8-21(23-17-19)26-15-13-25(14-16-26)12-11-24-9-1-2-10-24/h3-8,17H,1-2,9-16H2. The summed E-state index contributed by atoms with van der Waals surface area (Å²) in [5, 5.41) is 0.765. The quantitative estimate of drug-likeness (QED) is 0.801. The van der Waals surface area contributed by atoms with Gasteiger partial charge in [-0.2, -0.15) is 0 Å². The minimum absolute atomic E-state index is 0.765. The van der Waals surface area contributed by atoms with Gasteiger partial charge in [-0.1, -0.05) is 23.7 Å². The van der Waals surface area contributed by atoms with Crippen molar-refractivity contribution in [2.75, 3.05) is 57.3 Å². The second-order valence-corrected chi connectivity index (χ2v) is 7.73. The first-order valence-electron chi connectivity index (χ1n) is 9.69. The van der Waals surface area contributed by atoms with E-state index >= 15 is 0 Å². The molecular weight excluding hydrogens is 344 g/mol. The van der Waals surface area contributed by atoms with Gasteiger partial charge in [-0.3, -0.25) is 4.90 Å². The van der Waals surface area contributed by atoms with Crippen molar-refractivity contribution in [1.29, 1.82) is 0 Å². The first-order chi connectivity index (χ1) is 12.8. The molecule has 4 rings (SSSR count). The molecule has 4 nitrogen and oxygen atoms in total. The Balaban J connectivity index is 1.29. The van der Waals surface area contributed by atoms with Crippen LogP contribution in [0.25, 0.3) is 11.1 Å². The highest BCUT2D eigenvalue weighted by molar-refractivity contribution is 6.30. The van der Waals surface area contributed by atoms with Crippen molar-refractivity contribution in [3.63, 3.8) is 0 Å². The Morgan fingerprint density at radius 2 is 1.35 bits per heavy atom. The van der Waals surface area contributed by atoms with Crippen molar-refractivity contribution in [3.8, 4) is 11.1 Å². The lowest BCUT2D eigenvalue weighted by Crippen LogP contribution is -2.48. The Kier molecular flexibility index (Phi) is 5.73. The number of nitrogens with zero attached hydrogens (tertiary/aromatic N) is 4. The van der Waals surface area contributed by atoms with E-state index in [1.807, 2.05) is 30.5 Å². The maximum Gasteiger partial charge on any atom is 0.128 e. The smallest absolute Gasteiger partial charge is 0.128 e. The van der Waals surface area contributed by atoms with Crippen LogP contribution in [0.15, 0.2) is 42.6 Å². The Labute approximate surface area is 161 Å². The number of anilines is 1. The molecule has 26 heavy (non-hydrogen) atoms. The third kappa shape index (κ3) is 4.37. The largest absolute Gasteiger partial charge is 0.354 e. The summed E-state index contributed by atoms with van der Waals surface area (Å²) in [5.74, 6) is 1.09. The van der Waals surface area contributed by atoms with Crippen LogP contribution in [-0.2, 0) is 0 Å². The number of likely N-dealkylation sites (tertiary alicyclic amines) is 1. The van der Waals surface area contributed by atoms with Crippen LogP contribution in [0.1, 0.15) is 12.8 Å². The number of benzene rings is 1. The van der Waals surface area contributed by atoms with E-state index in [-0.39, 0.29) is 0 Å². The number of piperazine rings is 1. The molecule has 0 saturated carbocycles. The molecule has 3 heterocycles. The lowest BCUT2D eigenvalue weighted by molar-refractivity contribution is 0.215. The molecule has 0 N–H and O–H groups in total. The first-order valence-corrected chi connectivity index (χ1v) is 10.1. The number of hydrogen-bond acceptors (Lipinski definition) is 4. The summed E-state index contributed by atoms with van der Waals surface area (Å²) in [7, 11) is 0. The average Bonchev–Trinajstić information content (AvgIpc) is 3.21. The fourth-order valence-electron chi connectivity index (χ4n) is 3.88. The van der Waals surface area contributed by atoms with Gasteiger partial charge in [0, 0.05) is 56.1 Å². The maximum atomic E-state index is 5.97. The van der Waals surface area contributed by atoms with Crippen molar-refractivity contribution in [1.82, 2.24) is 14.8 Å². The van der Waals surface area contributed by atoms with Crippen LogP contribution < -0.4 is 4.90 Å². The number of rotatable bonds is 5. The summed E-state index contributed by atoms with van der Waals surface area (Å²) >= 11 is 5.97. The summed E-state index contributed by atoms with van der Waals surface area (Å²) < 4.78 is 0. The van der Waals surface area contributed by atoms with Gasteiger partial charge in [0.05, 0.1) is 0 Å². The van der Waals surface area contributed by atoms with Crippen molar-refractivity contribution >= 4 is 17.4 Å². The normalized spacial score (nSPS) is 19.2. The zero-order valence-corrected chi connectivity index (χ0v) is 16.0. The van der Waals surface area contributed by atoms with E-state index in [9.17, 15) is 0 Å². The predicted octanol–water partition coefficient (Wildman–Crippen LogP) is 3.62. The predicted molar refractivity (Wildman–Crippen MR) is 109 cm³/mol.